The van der Waals surface area contributed by atoms with E-state index in [1.165, 1.54) is 19.4 Å². The molecule has 0 unspecified atom stereocenters. The summed E-state index contributed by atoms with van der Waals surface area (Å²) in [6, 6.07) is 3.60. The van der Waals surface area contributed by atoms with Gasteiger partial charge in [-0.2, -0.15) is 9.36 Å². The van der Waals surface area contributed by atoms with Gasteiger partial charge in [-0.25, -0.2) is 19.7 Å². The molecule has 0 saturated heterocycles. The van der Waals surface area contributed by atoms with Crippen molar-refractivity contribution in [3.8, 4) is 23.1 Å². The van der Waals surface area contributed by atoms with E-state index < -0.39 is 6.09 Å². The van der Waals surface area contributed by atoms with Crippen LogP contribution in [0.2, 0.25) is 0 Å². The largest absolute Gasteiger partial charge is 0.489 e. The molecule has 0 fully saturated rings. The number of anilines is 2. The Bertz CT molecular complexity index is 914. The number of amides is 1. The Morgan fingerprint density at radius 1 is 1.19 bits per heavy atom. The summed E-state index contributed by atoms with van der Waals surface area (Å²) >= 11 is 1.12. The topological polar surface area (TPSA) is 124 Å². The Balaban J connectivity index is 1.74. The zero-order valence-corrected chi connectivity index (χ0v) is 15.6. The number of aromatic nitrogens is 5. The summed E-state index contributed by atoms with van der Waals surface area (Å²) in [6.07, 6.45) is 3.94. The van der Waals surface area contributed by atoms with Crippen LogP contribution in [0.4, 0.5) is 15.7 Å². The number of carbonyl (C=O) groups excluding carboxylic acids is 1. The zero-order valence-electron chi connectivity index (χ0n) is 14.8. The smallest absolute Gasteiger partial charge is 0.413 e. The van der Waals surface area contributed by atoms with Crippen molar-refractivity contribution in [3.05, 3.63) is 30.7 Å². The maximum Gasteiger partial charge on any atom is 0.413 e. The average molecular weight is 387 g/mol. The maximum absolute atomic E-state index is 11.4. The van der Waals surface area contributed by atoms with Gasteiger partial charge in [0.05, 0.1) is 12.3 Å². The summed E-state index contributed by atoms with van der Waals surface area (Å²) in [4.78, 5) is 28.2. The lowest BCUT2D eigenvalue weighted by molar-refractivity contribution is 0.201. The molecule has 3 rings (SSSR count). The maximum atomic E-state index is 11.4. The number of hydrogen-bond acceptors (Lipinski definition) is 10. The van der Waals surface area contributed by atoms with Gasteiger partial charge >= 0.3 is 6.09 Å². The third-order valence-electron chi connectivity index (χ3n) is 3.05. The van der Waals surface area contributed by atoms with Crippen molar-refractivity contribution in [2.75, 3.05) is 12.4 Å². The number of nitrogens with zero attached hydrogens (tertiary/aromatic N) is 5. The van der Waals surface area contributed by atoms with Crippen LogP contribution in [0.15, 0.2) is 30.7 Å². The zero-order chi connectivity index (χ0) is 19.2. The molecule has 0 spiro atoms. The van der Waals surface area contributed by atoms with Gasteiger partial charge in [0.25, 0.3) is 5.88 Å². The minimum Gasteiger partial charge on any atom is -0.489 e. The van der Waals surface area contributed by atoms with E-state index in [0.29, 0.717) is 22.4 Å². The minimum absolute atomic E-state index is 0.0295. The van der Waals surface area contributed by atoms with E-state index in [1.807, 2.05) is 19.9 Å². The van der Waals surface area contributed by atoms with E-state index in [4.69, 9.17) is 9.47 Å². The molecule has 27 heavy (non-hydrogen) atoms. The Kier molecular flexibility index (Phi) is 5.71. The lowest BCUT2D eigenvalue weighted by Crippen LogP contribution is -2.23. The summed E-state index contributed by atoms with van der Waals surface area (Å²) in [7, 11) is 1.45. The minimum atomic E-state index is -0.649. The third-order valence-corrected chi connectivity index (χ3v) is 3.68. The van der Waals surface area contributed by atoms with Gasteiger partial charge in [-0.1, -0.05) is 0 Å². The Labute approximate surface area is 159 Å². The quantitative estimate of drug-likeness (QED) is 0.656. The summed E-state index contributed by atoms with van der Waals surface area (Å²) in [6.45, 7) is 3.89. The number of nitrogens with one attached hydrogen (secondary N) is 2. The van der Waals surface area contributed by atoms with Crippen molar-refractivity contribution in [1.29, 1.82) is 0 Å². The fourth-order valence-electron chi connectivity index (χ4n) is 1.96. The number of rotatable bonds is 6. The number of ether oxygens (including phenoxy) is 2. The van der Waals surface area contributed by atoms with Crippen molar-refractivity contribution in [2.24, 2.45) is 0 Å². The van der Waals surface area contributed by atoms with Gasteiger partial charge in [0.1, 0.15) is 11.4 Å². The molecule has 0 atom stereocenters. The van der Waals surface area contributed by atoms with Crippen LogP contribution in [0.25, 0.3) is 11.5 Å². The summed E-state index contributed by atoms with van der Waals surface area (Å²) < 4.78 is 14.9. The molecule has 10 nitrogen and oxygen atoms in total. The van der Waals surface area contributed by atoms with Gasteiger partial charge in [-0.15, -0.1) is 0 Å². The van der Waals surface area contributed by atoms with Crippen LogP contribution in [0.1, 0.15) is 13.8 Å². The van der Waals surface area contributed by atoms with Crippen LogP contribution in [-0.4, -0.2) is 43.6 Å². The normalized spacial score (nSPS) is 10.5. The second kappa shape index (κ2) is 8.36. The highest BCUT2D eigenvalue weighted by Crippen LogP contribution is 2.26. The van der Waals surface area contributed by atoms with Crippen molar-refractivity contribution in [1.82, 2.24) is 29.6 Å². The first-order valence-corrected chi connectivity index (χ1v) is 8.77. The average Bonchev–Trinajstić information content (AvgIpc) is 3.12. The summed E-state index contributed by atoms with van der Waals surface area (Å²) in [5, 5.41) is 5.74. The molecular formula is C16H17N7O3S. The Morgan fingerprint density at radius 2 is 2.00 bits per heavy atom. The first kappa shape index (κ1) is 18.5. The van der Waals surface area contributed by atoms with E-state index in [2.05, 4.69) is 34.9 Å². The predicted octanol–water partition coefficient (Wildman–Crippen LogP) is 2.64. The highest BCUT2D eigenvalue weighted by Gasteiger charge is 2.14. The lowest BCUT2D eigenvalue weighted by atomic mass is 10.3. The first-order valence-electron chi connectivity index (χ1n) is 7.99. The first-order chi connectivity index (χ1) is 13.0. The standard InChI is InChI=1S/C16H17N7O3S/c1-9(2)25-10-4-5-11(20-8-10)12-21-15(27-23-12)22-13-14(19-7-6-18-13)26-16(24)17-3/h4-9H,1-3H3,(H,17,24)(H,18,21,22,23). The Morgan fingerprint density at radius 3 is 2.70 bits per heavy atom. The second-order valence-corrected chi connectivity index (χ2v) is 6.20. The van der Waals surface area contributed by atoms with Crippen molar-refractivity contribution >= 4 is 28.6 Å². The monoisotopic (exact) mass is 387 g/mol. The number of carbonyl (C=O) groups is 1. The summed E-state index contributed by atoms with van der Waals surface area (Å²) in [5.74, 6) is 1.41. The number of hydrogen-bond donors (Lipinski definition) is 2. The number of pyridine rings is 1. The second-order valence-electron chi connectivity index (χ2n) is 5.44. The third kappa shape index (κ3) is 4.85. The molecule has 0 aliphatic carbocycles. The van der Waals surface area contributed by atoms with Gasteiger partial charge in [0.15, 0.2) is 11.6 Å². The van der Waals surface area contributed by atoms with Gasteiger partial charge < -0.3 is 20.1 Å². The highest BCUT2D eigenvalue weighted by molar-refractivity contribution is 7.09. The van der Waals surface area contributed by atoms with E-state index in [-0.39, 0.29) is 17.8 Å². The van der Waals surface area contributed by atoms with Crippen LogP contribution in [0.5, 0.6) is 11.6 Å². The Hall–Kier alpha value is -3.34. The molecule has 0 bridgehead atoms. The molecule has 0 radical (unpaired) electrons. The van der Waals surface area contributed by atoms with Crippen molar-refractivity contribution in [3.63, 3.8) is 0 Å². The van der Waals surface area contributed by atoms with Crippen molar-refractivity contribution in [2.45, 2.75) is 20.0 Å². The van der Waals surface area contributed by atoms with Crippen LogP contribution in [0.3, 0.4) is 0 Å². The van der Waals surface area contributed by atoms with E-state index >= 15 is 0 Å². The SMILES string of the molecule is CNC(=O)Oc1nccnc1Nc1nc(-c2ccc(OC(C)C)cn2)ns1. The van der Waals surface area contributed by atoms with Gasteiger partial charge in [0, 0.05) is 31.0 Å². The fourth-order valence-corrected chi connectivity index (χ4v) is 2.54. The van der Waals surface area contributed by atoms with Crippen LogP contribution >= 0.6 is 11.5 Å². The van der Waals surface area contributed by atoms with Crippen LogP contribution in [-0.2, 0) is 0 Å². The van der Waals surface area contributed by atoms with E-state index in [9.17, 15) is 4.79 Å². The molecule has 11 heteroatoms. The molecule has 0 aliphatic rings. The van der Waals surface area contributed by atoms with Gasteiger partial charge in [-0.3, -0.25) is 0 Å². The van der Waals surface area contributed by atoms with Gasteiger partial charge in [-0.05, 0) is 26.0 Å². The molecule has 2 N–H and O–H groups in total. The molecule has 3 aromatic rings. The molecule has 140 valence electrons. The molecule has 0 aromatic carbocycles. The van der Waals surface area contributed by atoms with Crippen molar-refractivity contribution < 1.29 is 14.3 Å². The lowest BCUT2D eigenvalue weighted by Gasteiger charge is -2.08. The molecule has 3 aromatic heterocycles. The van der Waals surface area contributed by atoms with Gasteiger partial charge in [0.2, 0.25) is 5.13 Å². The molecule has 0 saturated carbocycles. The van der Waals surface area contributed by atoms with E-state index in [0.717, 1.165) is 11.5 Å². The molecule has 3 heterocycles. The molecular weight excluding hydrogens is 370 g/mol. The molecule has 0 aliphatic heterocycles. The van der Waals surface area contributed by atoms with E-state index in [1.54, 1.807) is 12.3 Å². The summed E-state index contributed by atoms with van der Waals surface area (Å²) in [5.41, 5.74) is 0.608. The predicted molar refractivity (Wildman–Crippen MR) is 99.3 cm³/mol. The highest BCUT2D eigenvalue weighted by atomic mass is 32.1. The molecule has 1 amide bonds. The van der Waals surface area contributed by atoms with Crippen LogP contribution in [0, 0.1) is 0 Å². The fraction of sp³-hybridized carbons (Fsp3) is 0.250. The van der Waals surface area contributed by atoms with Crippen LogP contribution < -0.4 is 20.1 Å².